The standard InChI is InChI=1S/C102H76BN3Si3/c1-12-38-79(39-13-1)104(80-40-14-2-15-41-80)83-42-36-37-77(73-83)78-74-100-102-101(75-78)106(82-65-69-94(70-66-82)108(87-49-22-6-23-50-87,88-51-24-7-25-52-88)89-53-26-8-27-54-89)99-72-71-95(109(90-55-28-9-29-56-90,91-57-30-10-31-58-91)92-59-32-11-33-60-92)76-97(99)103(102)96-61-34-35-62-98(96)105(100)81-63-67-93(68-64-81)107(84-43-16-3-17-44-84,85-45-18-4-19-46-85)86-47-20-5-21-48-86/h1-76H. The van der Waals surface area contributed by atoms with Crippen molar-refractivity contribution in [2.24, 2.45) is 0 Å². The van der Waals surface area contributed by atoms with Crippen LogP contribution in [0.4, 0.5) is 51.2 Å². The van der Waals surface area contributed by atoms with Crippen LogP contribution in [0.25, 0.3) is 11.1 Å². The highest BCUT2D eigenvalue weighted by molar-refractivity contribution is 7.21. The Labute approximate surface area is 643 Å². The molecule has 2 aliphatic rings. The molecule has 0 radical (unpaired) electrons. The van der Waals surface area contributed by atoms with Gasteiger partial charge in [-0.05, 0) is 175 Å². The molecule has 109 heavy (non-hydrogen) atoms. The summed E-state index contributed by atoms with van der Waals surface area (Å²) in [6, 6.07) is 174. The van der Waals surface area contributed by atoms with Crippen LogP contribution in [-0.4, -0.2) is 30.9 Å². The zero-order chi connectivity index (χ0) is 72.6. The van der Waals surface area contributed by atoms with E-state index in [1.807, 2.05) is 0 Å². The van der Waals surface area contributed by atoms with E-state index in [1.54, 1.807) is 0 Å². The minimum atomic E-state index is -3.11. The molecule has 0 spiro atoms. The van der Waals surface area contributed by atoms with Crippen LogP contribution in [0.1, 0.15) is 0 Å². The lowest BCUT2D eigenvalue weighted by Gasteiger charge is -2.45. The van der Waals surface area contributed by atoms with E-state index >= 15 is 0 Å². The maximum atomic E-state index is 2.66. The normalized spacial score (nSPS) is 12.3. The predicted octanol–water partition coefficient (Wildman–Crippen LogP) is 15.0. The molecule has 0 aliphatic carbocycles. The lowest BCUT2D eigenvalue weighted by molar-refractivity contribution is 1.25. The minimum absolute atomic E-state index is 0.202. The van der Waals surface area contributed by atoms with E-state index in [4.69, 9.17) is 0 Å². The van der Waals surface area contributed by atoms with Crippen LogP contribution in [0.2, 0.25) is 0 Å². The molecule has 17 aromatic carbocycles. The van der Waals surface area contributed by atoms with Crippen molar-refractivity contribution in [1.82, 2.24) is 0 Å². The Bertz CT molecular complexity index is 5670. The average Bonchev–Trinajstić information content (AvgIpc) is 0.690. The van der Waals surface area contributed by atoms with Crippen LogP contribution >= 0.6 is 0 Å². The molecular formula is C102H76BN3Si3. The Kier molecular flexibility index (Phi) is 17.5. The Morgan fingerprint density at radius 3 is 0.807 bits per heavy atom. The lowest BCUT2D eigenvalue weighted by atomic mass is 9.33. The van der Waals surface area contributed by atoms with Gasteiger partial charge < -0.3 is 14.7 Å². The summed E-state index contributed by atoms with van der Waals surface area (Å²) in [5.74, 6) is 0. The summed E-state index contributed by atoms with van der Waals surface area (Å²) in [5, 5.41) is 16.0. The molecule has 2 heterocycles. The van der Waals surface area contributed by atoms with Gasteiger partial charge in [-0.1, -0.05) is 376 Å². The SMILES string of the molecule is c1ccc(N(c2ccccc2)c2cccc(-c3cc4c5c(c3)N(c3ccc([Si](c6ccccc6)(c6ccccc6)c6ccccc6)cc3)c3ccc([Si](c6ccccc6)(c6ccccc6)c6ccccc6)cc3B5c3ccccc3N4c3ccc([Si](c4ccccc4)(c4ccccc4)c4ccccc4)cc3)c2)cc1. The first-order valence-corrected chi connectivity index (χ1v) is 43.8. The van der Waals surface area contributed by atoms with Crippen molar-refractivity contribution in [3.05, 3.63) is 461 Å². The molecule has 0 saturated heterocycles. The van der Waals surface area contributed by atoms with Gasteiger partial charge in [0.2, 0.25) is 0 Å². The second-order valence-corrected chi connectivity index (χ2v) is 40.0. The van der Waals surface area contributed by atoms with Crippen molar-refractivity contribution in [3.8, 4) is 11.1 Å². The summed E-state index contributed by atoms with van der Waals surface area (Å²) in [6.45, 7) is -0.202. The van der Waals surface area contributed by atoms with E-state index in [0.717, 1.165) is 62.3 Å². The van der Waals surface area contributed by atoms with Crippen LogP contribution in [0.5, 0.6) is 0 Å². The van der Waals surface area contributed by atoms with E-state index in [2.05, 4.69) is 476 Å². The third-order valence-corrected chi connectivity index (χ3v) is 37.2. The number of nitrogens with zero attached hydrogens (tertiary/aromatic N) is 3. The first-order chi connectivity index (χ1) is 54.1. The van der Waals surface area contributed by atoms with Crippen molar-refractivity contribution in [3.63, 3.8) is 0 Å². The van der Waals surface area contributed by atoms with Gasteiger partial charge >= 0.3 is 0 Å². The molecule has 2 aliphatic heterocycles. The number of hydrogen-bond acceptors (Lipinski definition) is 3. The van der Waals surface area contributed by atoms with Crippen molar-refractivity contribution in [2.45, 2.75) is 0 Å². The first kappa shape index (κ1) is 66.5. The molecule has 0 unspecified atom stereocenters. The Morgan fingerprint density at radius 2 is 0.459 bits per heavy atom. The highest BCUT2D eigenvalue weighted by Gasteiger charge is 2.49. The molecule has 7 heteroatoms. The number of rotatable bonds is 18. The van der Waals surface area contributed by atoms with E-state index in [0.29, 0.717) is 0 Å². The fourth-order valence-electron chi connectivity index (χ4n) is 18.2. The van der Waals surface area contributed by atoms with Gasteiger partial charge in [-0.2, -0.15) is 0 Å². The van der Waals surface area contributed by atoms with Crippen molar-refractivity contribution >= 4 is 161 Å². The lowest BCUT2D eigenvalue weighted by Crippen LogP contribution is -2.75. The summed E-state index contributed by atoms with van der Waals surface area (Å²) in [4.78, 5) is 7.62. The first-order valence-electron chi connectivity index (χ1n) is 37.8. The zero-order valence-electron chi connectivity index (χ0n) is 60.3. The molecule has 0 amide bonds. The monoisotopic (exact) mass is 1440 g/mol. The number of hydrogen-bond donors (Lipinski definition) is 0. The smallest absolute Gasteiger partial charge is 0.252 e. The molecule has 0 fully saturated rings. The molecule has 0 bridgehead atoms. The fourth-order valence-corrected chi connectivity index (χ4v) is 32.5. The van der Waals surface area contributed by atoms with E-state index in [1.165, 1.54) is 78.6 Å². The molecule has 17 aromatic rings. The van der Waals surface area contributed by atoms with E-state index in [-0.39, 0.29) is 6.71 Å². The van der Waals surface area contributed by atoms with Crippen LogP contribution < -0.4 is 93.3 Å². The topological polar surface area (TPSA) is 9.72 Å². The van der Waals surface area contributed by atoms with Gasteiger partial charge in [0.05, 0.1) is 0 Å². The number of benzene rings is 17. The number of anilines is 9. The number of para-hydroxylation sites is 3. The molecule has 0 saturated carbocycles. The van der Waals surface area contributed by atoms with Gasteiger partial charge in [0.15, 0.2) is 24.2 Å². The molecule has 19 rings (SSSR count). The Balaban J connectivity index is 0.898. The molecule has 3 nitrogen and oxygen atoms in total. The summed E-state index contributed by atoms with van der Waals surface area (Å²) >= 11 is 0. The summed E-state index contributed by atoms with van der Waals surface area (Å²) in [5.41, 5.74) is 15.9. The van der Waals surface area contributed by atoms with Gasteiger partial charge in [-0.25, -0.2) is 0 Å². The fraction of sp³-hybridized carbons (Fsp3) is 0. The van der Waals surface area contributed by atoms with E-state index in [9.17, 15) is 0 Å². The molecular weight excluding hydrogens is 1360 g/mol. The maximum absolute atomic E-state index is 3.11. The van der Waals surface area contributed by atoms with Crippen molar-refractivity contribution in [1.29, 1.82) is 0 Å². The highest BCUT2D eigenvalue weighted by Crippen LogP contribution is 2.47. The Morgan fingerprint density at radius 1 is 0.183 bits per heavy atom. The Hall–Kier alpha value is -13.1. The van der Waals surface area contributed by atoms with E-state index < -0.39 is 24.2 Å². The van der Waals surface area contributed by atoms with Crippen molar-refractivity contribution < 1.29 is 0 Å². The summed E-state index contributed by atoms with van der Waals surface area (Å²) in [6.07, 6.45) is 0. The van der Waals surface area contributed by atoms with Gasteiger partial charge in [0.25, 0.3) is 6.71 Å². The molecule has 0 aromatic heterocycles. The van der Waals surface area contributed by atoms with Crippen LogP contribution in [0, 0.1) is 0 Å². The van der Waals surface area contributed by atoms with Gasteiger partial charge in [0, 0.05) is 51.2 Å². The minimum Gasteiger partial charge on any atom is -0.311 e. The highest BCUT2D eigenvalue weighted by atomic mass is 28.3. The number of fused-ring (bicyclic) bond motifs is 4. The average molecular weight is 1440 g/mol. The predicted molar refractivity (Wildman–Crippen MR) is 471 cm³/mol. The largest absolute Gasteiger partial charge is 0.311 e. The zero-order valence-corrected chi connectivity index (χ0v) is 63.3. The quantitative estimate of drug-likeness (QED) is 0.0626. The molecule has 514 valence electrons. The molecule has 0 atom stereocenters. The second-order valence-electron chi connectivity index (χ2n) is 28.6. The second kappa shape index (κ2) is 28.6. The van der Waals surface area contributed by atoms with Crippen LogP contribution in [-0.2, 0) is 0 Å². The summed E-state index contributed by atoms with van der Waals surface area (Å²) in [7, 11) is -9.00. The van der Waals surface area contributed by atoms with Crippen molar-refractivity contribution in [2.75, 3.05) is 14.7 Å². The molecule has 0 N–H and O–H groups in total. The van der Waals surface area contributed by atoms with Gasteiger partial charge in [-0.3, -0.25) is 0 Å². The van der Waals surface area contributed by atoms with Crippen LogP contribution in [0.15, 0.2) is 461 Å². The van der Waals surface area contributed by atoms with Gasteiger partial charge in [-0.15, -0.1) is 0 Å². The summed E-state index contributed by atoms with van der Waals surface area (Å²) < 4.78 is 0. The van der Waals surface area contributed by atoms with Crippen LogP contribution in [0.3, 0.4) is 0 Å². The third-order valence-electron chi connectivity index (χ3n) is 22.9. The third kappa shape index (κ3) is 11.3. The maximum Gasteiger partial charge on any atom is 0.252 e. The van der Waals surface area contributed by atoms with Gasteiger partial charge in [0.1, 0.15) is 0 Å².